The number of hydrogen-bond acceptors (Lipinski definition) is 3. The standard InChI is InChI=1S/C7H14O.C3H8O2/c1-8-7-5-3-2-4-6-7;4-2-1-3-5/h7H,2-6H2,1H3;4-5H,1-3H2. The summed E-state index contributed by atoms with van der Waals surface area (Å²) in [4.78, 5) is 0. The summed E-state index contributed by atoms with van der Waals surface area (Å²) >= 11 is 0. The first-order valence-corrected chi connectivity index (χ1v) is 5.09. The molecule has 0 aliphatic heterocycles. The molecule has 0 heterocycles. The molecular formula is C10H22O3. The monoisotopic (exact) mass is 190 g/mol. The first-order valence-electron chi connectivity index (χ1n) is 5.09. The van der Waals surface area contributed by atoms with Crippen LogP contribution < -0.4 is 0 Å². The van der Waals surface area contributed by atoms with E-state index in [9.17, 15) is 0 Å². The second kappa shape index (κ2) is 9.96. The topological polar surface area (TPSA) is 49.7 Å². The van der Waals surface area contributed by atoms with Gasteiger partial charge in [-0.25, -0.2) is 0 Å². The van der Waals surface area contributed by atoms with Gasteiger partial charge in [0.05, 0.1) is 6.10 Å². The lowest BCUT2D eigenvalue weighted by Gasteiger charge is -2.19. The summed E-state index contributed by atoms with van der Waals surface area (Å²) in [6.07, 6.45) is 7.83. The number of rotatable bonds is 3. The van der Waals surface area contributed by atoms with Crippen molar-refractivity contribution < 1.29 is 14.9 Å². The molecule has 0 saturated heterocycles. The van der Waals surface area contributed by atoms with E-state index in [1.54, 1.807) is 0 Å². The van der Waals surface area contributed by atoms with Crippen LogP contribution in [0.25, 0.3) is 0 Å². The third-order valence-electron chi connectivity index (χ3n) is 2.20. The average Bonchev–Trinajstić information content (AvgIpc) is 2.21. The molecule has 13 heavy (non-hydrogen) atoms. The van der Waals surface area contributed by atoms with Crippen molar-refractivity contribution in [1.82, 2.24) is 0 Å². The Kier molecular flexibility index (Phi) is 9.87. The minimum absolute atomic E-state index is 0.0938. The quantitative estimate of drug-likeness (QED) is 0.706. The Bertz CT molecular complexity index is 88.2. The summed E-state index contributed by atoms with van der Waals surface area (Å²) in [7, 11) is 1.82. The number of ether oxygens (including phenoxy) is 1. The van der Waals surface area contributed by atoms with E-state index in [2.05, 4.69) is 0 Å². The van der Waals surface area contributed by atoms with Gasteiger partial charge in [-0.1, -0.05) is 19.3 Å². The van der Waals surface area contributed by atoms with Crippen LogP contribution in [-0.2, 0) is 4.74 Å². The van der Waals surface area contributed by atoms with Crippen LogP contribution in [0.1, 0.15) is 38.5 Å². The maximum absolute atomic E-state index is 7.91. The van der Waals surface area contributed by atoms with Crippen LogP contribution in [0.5, 0.6) is 0 Å². The van der Waals surface area contributed by atoms with Gasteiger partial charge in [0.1, 0.15) is 0 Å². The Morgan fingerprint density at radius 1 is 1.08 bits per heavy atom. The van der Waals surface area contributed by atoms with Gasteiger partial charge in [0.15, 0.2) is 0 Å². The lowest BCUT2D eigenvalue weighted by molar-refractivity contribution is 0.0710. The minimum Gasteiger partial charge on any atom is -0.396 e. The van der Waals surface area contributed by atoms with Gasteiger partial charge < -0.3 is 14.9 Å². The molecule has 1 rings (SSSR count). The normalized spacial score (nSPS) is 17.8. The van der Waals surface area contributed by atoms with Crippen LogP contribution >= 0.6 is 0 Å². The third-order valence-corrected chi connectivity index (χ3v) is 2.20. The molecule has 1 aliphatic rings. The smallest absolute Gasteiger partial charge is 0.0571 e. The molecule has 0 atom stereocenters. The van der Waals surface area contributed by atoms with E-state index in [0.29, 0.717) is 12.5 Å². The van der Waals surface area contributed by atoms with Crippen molar-refractivity contribution in [1.29, 1.82) is 0 Å². The van der Waals surface area contributed by atoms with Crippen LogP contribution in [-0.4, -0.2) is 36.6 Å². The van der Waals surface area contributed by atoms with Crippen LogP contribution in [0.2, 0.25) is 0 Å². The maximum Gasteiger partial charge on any atom is 0.0571 e. The SMILES string of the molecule is COC1CCCCC1.OCCCO. The van der Waals surface area contributed by atoms with Crippen molar-refractivity contribution >= 4 is 0 Å². The third kappa shape index (κ3) is 8.22. The van der Waals surface area contributed by atoms with E-state index < -0.39 is 0 Å². The molecule has 3 heteroatoms. The Labute approximate surface area is 80.7 Å². The molecule has 0 unspecified atom stereocenters. The van der Waals surface area contributed by atoms with Gasteiger partial charge in [0, 0.05) is 20.3 Å². The van der Waals surface area contributed by atoms with E-state index in [-0.39, 0.29) is 13.2 Å². The molecular weight excluding hydrogens is 168 g/mol. The van der Waals surface area contributed by atoms with Gasteiger partial charge in [-0.15, -0.1) is 0 Å². The molecule has 80 valence electrons. The lowest BCUT2D eigenvalue weighted by Crippen LogP contribution is -2.13. The van der Waals surface area contributed by atoms with Crippen LogP contribution in [0.15, 0.2) is 0 Å². The summed E-state index contributed by atoms with van der Waals surface area (Å²) in [5.41, 5.74) is 0. The van der Waals surface area contributed by atoms with E-state index >= 15 is 0 Å². The lowest BCUT2D eigenvalue weighted by atomic mass is 9.98. The first kappa shape index (κ1) is 12.9. The molecule has 0 amide bonds. The summed E-state index contributed by atoms with van der Waals surface area (Å²) < 4.78 is 5.19. The number of aliphatic hydroxyl groups is 2. The summed E-state index contributed by atoms with van der Waals surface area (Å²) in [6.45, 7) is 0.188. The first-order chi connectivity index (χ1) is 6.35. The number of hydrogen-bond donors (Lipinski definition) is 2. The summed E-state index contributed by atoms with van der Waals surface area (Å²) in [5, 5.41) is 15.8. The van der Waals surface area contributed by atoms with Gasteiger partial charge >= 0.3 is 0 Å². The molecule has 0 spiro atoms. The molecule has 0 aromatic carbocycles. The highest BCUT2D eigenvalue weighted by atomic mass is 16.5. The molecule has 0 bridgehead atoms. The van der Waals surface area contributed by atoms with E-state index in [4.69, 9.17) is 14.9 Å². The Morgan fingerprint density at radius 3 is 1.85 bits per heavy atom. The van der Waals surface area contributed by atoms with E-state index in [1.165, 1.54) is 32.1 Å². The Morgan fingerprint density at radius 2 is 1.62 bits per heavy atom. The zero-order valence-electron chi connectivity index (χ0n) is 8.54. The predicted octanol–water partition coefficient (Wildman–Crippen LogP) is 1.33. The molecule has 1 fully saturated rings. The highest BCUT2D eigenvalue weighted by molar-refractivity contribution is 4.63. The molecule has 0 radical (unpaired) electrons. The molecule has 3 nitrogen and oxygen atoms in total. The highest BCUT2D eigenvalue weighted by Gasteiger charge is 2.10. The molecule has 0 aromatic rings. The Balaban J connectivity index is 0.000000252. The van der Waals surface area contributed by atoms with Crippen molar-refractivity contribution in [3.05, 3.63) is 0 Å². The fourth-order valence-electron chi connectivity index (χ4n) is 1.37. The van der Waals surface area contributed by atoms with Crippen molar-refractivity contribution in [2.45, 2.75) is 44.6 Å². The fraction of sp³-hybridized carbons (Fsp3) is 1.00. The zero-order chi connectivity index (χ0) is 9.94. The summed E-state index contributed by atoms with van der Waals surface area (Å²) in [6, 6.07) is 0. The zero-order valence-corrected chi connectivity index (χ0v) is 8.54. The van der Waals surface area contributed by atoms with Gasteiger partial charge in [0.2, 0.25) is 0 Å². The predicted molar refractivity (Wildman–Crippen MR) is 52.7 cm³/mol. The van der Waals surface area contributed by atoms with Crippen LogP contribution in [0.3, 0.4) is 0 Å². The largest absolute Gasteiger partial charge is 0.396 e. The number of methoxy groups -OCH3 is 1. The summed E-state index contributed by atoms with van der Waals surface area (Å²) in [5.74, 6) is 0. The van der Waals surface area contributed by atoms with Gasteiger partial charge in [-0.3, -0.25) is 0 Å². The second-order valence-electron chi connectivity index (χ2n) is 3.30. The van der Waals surface area contributed by atoms with Gasteiger partial charge in [-0.2, -0.15) is 0 Å². The highest BCUT2D eigenvalue weighted by Crippen LogP contribution is 2.18. The van der Waals surface area contributed by atoms with E-state index in [0.717, 1.165) is 0 Å². The molecule has 1 saturated carbocycles. The van der Waals surface area contributed by atoms with E-state index in [1.807, 2.05) is 7.11 Å². The van der Waals surface area contributed by atoms with Crippen LogP contribution in [0.4, 0.5) is 0 Å². The maximum atomic E-state index is 7.91. The van der Waals surface area contributed by atoms with Crippen molar-refractivity contribution in [2.75, 3.05) is 20.3 Å². The molecule has 2 N–H and O–H groups in total. The van der Waals surface area contributed by atoms with Crippen molar-refractivity contribution in [2.24, 2.45) is 0 Å². The molecule has 0 aromatic heterocycles. The molecule has 1 aliphatic carbocycles. The average molecular weight is 190 g/mol. The van der Waals surface area contributed by atoms with Gasteiger partial charge in [0.25, 0.3) is 0 Å². The fourth-order valence-corrected chi connectivity index (χ4v) is 1.37. The number of aliphatic hydroxyl groups excluding tert-OH is 2. The van der Waals surface area contributed by atoms with Crippen LogP contribution in [0, 0.1) is 0 Å². The van der Waals surface area contributed by atoms with Crippen molar-refractivity contribution in [3.8, 4) is 0 Å². The minimum atomic E-state index is 0.0938. The Hall–Kier alpha value is -0.120. The van der Waals surface area contributed by atoms with Crippen molar-refractivity contribution in [3.63, 3.8) is 0 Å². The van der Waals surface area contributed by atoms with Gasteiger partial charge in [-0.05, 0) is 19.3 Å². The second-order valence-corrected chi connectivity index (χ2v) is 3.30.